The fourth-order valence-corrected chi connectivity index (χ4v) is 1.66. The van der Waals surface area contributed by atoms with Gasteiger partial charge in [-0.2, -0.15) is 8.78 Å². The maximum Gasteiger partial charge on any atom is 0.315 e. The van der Waals surface area contributed by atoms with Crippen LogP contribution in [0.3, 0.4) is 0 Å². The maximum atomic E-state index is 12.1. The molecule has 0 aliphatic carbocycles. The molecule has 6 heteroatoms. The highest BCUT2D eigenvalue weighted by Crippen LogP contribution is 2.21. The number of aliphatic carboxylic acids is 1. The van der Waals surface area contributed by atoms with Gasteiger partial charge in [0.05, 0.1) is 6.42 Å². The monoisotopic (exact) mass is 207 g/mol. The number of carboxylic acid groups (broad SMARTS) is 1. The number of hydrogen-bond donors (Lipinski definition) is 1. The van der Waals surface area contributed by atoms with Crippen LogP contribution in [-0.4, -0.2) is 40.9 Å². The minimum Gasteiger partial charge on any atom is -0.481 e. The second-order valence-electron chi connectivity index (χ2n) is 3.23. The van der Waals surface area contributed by atoms with Crippen LogP contribution in [0, 0.1) is 0 Å². The van der Waals surface area contributed by atoms with Gasteiger partial charge in [-0.25, -0.2) is 0 Å². The third-order valence-corrected chi connectivity index (χ3v) is 2.26. The SMILES string of the molecule is O=C(O)CC1CCCN1C(=O)C(F)F. The molecule has 14 heavy (non-hydrogen) atoms. The Morgan fingerprint density at radius 2 is 2.14 bits per heavy atom. The minimum atomic E-state index is -3.04. The van der Waals surface area contributed by atoms with Crippen LogP contribution in [0.2, 0.25) is 0 Å². The van der Waals surface area contributed by atoms with E-state index in [1.54, 1.807) is 0 Å². The van der Waals surface area contributed by atoms with E-state index in [2.05, 4.69) is 0 Å². The molecule has 1 fully saturated rings. The Morgan fingerprint density at radius 1 is 1.50 bits per heavy atom. The molecule has 1 N–H and O–H groups in total. The van der Waals surface area contributed by atoms with Gasteiger partial charge < -0.3 is 10.0 Å². The van der Waals surface area contributed by atoms with Crippen molar-refractivity contribution in [2.45, 2.75) is 31.7 Å². The molecule has 1 atom stereocenters. The van der Waals surface area contributed by atoms with Crippen molar-refractivity contribution < 1.29 is 23.5 Å². The van der Waals surface area contributed by atoms with E-state index in [4.69, 9.17) is 5.11 Å². The Hall–Kier alpha value is -1.20. The van der Waals surface area contributed by atoms with Crippen molar-refractivity contribution in [1.82, 2.24) is 4.90 Å². The molecule has 0 aromatic heterocycles. The fourth-order valence-electron chi connectivity index (χ4n) is 1.66. The molecule has 1 unspecified atom stereocenters. The Kier molecular flexibility index (Phi) is 3.38. The molecule has 1 rings (SSSR count). The molecular formula is C8H11F2NO3. The van der Waals surface area contributed by atoms with Gasteiger partial charge in [0.2, 0.25) is 0 Å². The number of carbonyl (C=O) groups excluding carboxylic acids is 1. The summed E-state index contributed by atoms with van der Waals surface area (Å²) in [5.41, 5.74) is 0. The quantitative estimate of drug-likeness (QED) is 0.741. The molecule has 4 nitrogen and oxygen atoms in total. The smallest absolute Gasteiger partial charge is 0.315 e. The van der Waals surface area contributed by atoms with Crippen LogP contribution in [0.4, 0.5) is 8.78 Å². The van der Waals surface area contributed by atoms with E-state index in [-0.39, 0.29) is 13.0 Å². The number of likely N-dealkylation sites (tertiary alicyclic amines) is 1. The van der Waals surface area contributed by atoms with E-state index in [9.17, 15) is 18.4 Å². The van der Waals surface area contributed by atoms with Gasteiger partial charge in [0.25, 0.3) is 5.91 Å². The first-order valence-corrected chi connectivity index (χ1v) is 4.33. The summed E-state index contributed by atoms with van der Waals surface area (Å²) in [6, 6.07) is -0.561. The lowest BCUT2D eigenvalue weighted by atomic mass is 10.1. The summed E-state index contributed by atoms with van der Waals surface area (Å²) in [5.74, 6) is -2.32. The van der Waals surface area contributed by atoms with Crippen LogP contribution in [-0.2, 0) is 9.59 Å². The summed E-state index contributed by atoms with van der Waals surface area (Å²) < 4.78 is 24.1. The van der Waals surface area contributed by atoms with Crippen LogP contribution >= 0.6 is 0 Å². The van der Waals surface area contributed by atoms with Crippen molar-refractivity contribution >= 4 is 11.9 Å². The van der Waals surface area contributed by atoms with Gasteiger partial charge in [0.1, 0.15) is 0 Å². The number of alkyl halides is 2. The molecule has 0 bridgehead atoms. The summed E-state index contributed by atoms with van der Waals surface area (Å²) >= 11 is 0. The van der Waals surface area contributed by atoms with Gasteiger partial charge in [-0.3, -0.25) is 9.59 Å². The largest absolute Gasteiger partial charge is 0.481 e. The third kappa shape index (κ3) is 2.40. The van der Waals surface area contributed by atoms with E-state index in [1.165, 1.54) is 0 Å². The molecule has 1 amide bonds. The average Bonchev–Trinajstić information content (AvgIpc) is 2.49. The predicted molar refractivity (Wildman–Crippen MR) is 43.0 cm³/mol. The summed E-state index contributed by atoms with van der Waals surface area (Å²) in [6.45, 7) is 0.237. The lowest BCUT2D eigenvalue weighted by Crippen LogP contribution is -2.40. The van der Waals surface area contributed by atoms with Crippen LogP contribution in [0.5, 0.6) is 0 Å². The number of amides is 1. The van der Waals surface area contributed by atoms with Gasteiger partial charge in [-0.15, -0.1) is 0 Å². The zero-order chi connectivity index (χ0) is 10.7. The van der Waals surface area contributed by atoms with Crippen molar-refractivity contribution in [3.63, 3.8) is 0 Å². The van der Waals surface area contributed by atoms with Crippen LogP contribution in [0.1, 0.15) is 19.3 Å². The number of halogens is 2. The first-order valence-electron chi connectivity index (χ1n) is 4.33. The molecule has 80 valence electrons. The molecule has 1 aliphatic heterocycles. The summed E-state index contributed by atoms with van der Waals surface area (Å²) in [5, 5.41) is 8.49. The molecule has 0 aromatic rings. The van der Waals surface area contributed by atoms with E-state index >= 15 is 0 Å². The fraction of sp³-hybridized carbons (Fsp3) is 0.750. The first kappa shape index (κ1) is 10.9. The zero-order valence-electron chi connectivity index (χ0n) is 7.45. The van der Waals surface area contributed by atoms with Crippen molar-refractivity contribution in [2.75, 3.05) is 6.54 Å². The first-order chi connectivity index (χ1) is 6.52. The van der Waals surface area contributed by atoms with Gasteiger partial charge >= 0.3 is 12.4 Å². The molecule has 1 heterocycles. The molecule has 0 spiro atoms. The van der Waals surface area contributed by atoms with Crippen molar-refractivity contribution in [3.05, 3.63) is 0 Å². The number of carboxylic acids is 1. The van der Waals surface area contributed by atoms with Gasteiger partial charge in [-0.1, -0.05) is 0 Å². The summed E-state index contributed by atoms with van der Waals surface area (Å²) in [6.07, 6.45) is -2.20. The standard InChI is InChI=1S/C8H11F2NO3/c9-7(10)8(14)11-3-1-2-5(11)4-6(12)13/h5,7H,1-4H2,(H,12,13). The molecule has 1 aliphatic rings. The van der Waals surface area contributed by atoms with Gasteiger partial charge in [0.15, 0.2) is 0 Å². The predicted octanol–water partition coefficient (Wildman–Crippen LogP) is 0.717. The number of carbonyl (C=O) groups is 2. The highest BCUT2D eigenvalue weighted by atomic mass is 19.3. The van der Waals surface area contributed by atoms with E-state index < -0.39 is 24.3 Å². The molecular weight excluding hydrogens is 196 g/mol. The summed E-state index contributed by atoms with van der Waals surface area (Å²) in [4.78, 5) is 22.3. The van der Waals surface area contributed by atoms with Crippen LogP contribution < -0.4 is 0 Å². The number of hydrogen-bond acceptors (Lipinski definition) is 2. The zero-order valence-corrected chi connectivity index (χ0v) is 7.45. The second-order valence-corrected chi connectivity index (χ2v) is 3.23. The van der Waals surface area contributed by atoms with Gasteiger partial charge in [0, 0.05) is 12.6 Å². The van der Waals surface area contributed by atoms with Crippen molar-refractivity contribution in [2.24, 2.45) is 0 Å². The van der Waals surface area contributed by atoms with Crippen molar-refractivity contribution in [3.8, 4) is 0 Å². The lowest BCUT2D eigenvalue weighted by Gasteiger charge is -2.22. The topological polar surface area (TPSA) is 57.6 Å². The highest BCUT2D eigenvalue weighted by Gasteiger charge is 2.34. The van der Waals surface area contributed by atoms with E-state index in [0.29, 0.717) is 12.8 Å². The van der Waals surface area contributed by atoms with E-state index in [0.717, 1.165) is 4.90 Å². The van der Waals surface area contributed by atoms with E-state index in [1.807, 2.05) is 0 Å². The molecule has 1 saturated heterocycles. The van der Waals surface area contributed by atoms with Crippen molar-refractivity contribution in [1.29, 1.82) is 0 Å². The van der Waals surface area contributed by atoms with Gasteiger partial charge in [-0.05, 0) is 12.8 Å². The second kappa shape index (κ2) is 4.34. The Balaban J connectivity index is 2.59. The average molecular weight is 207 g/mol. The normalized spacial score (nSPS) is 21.6. The molecule has 0 saturated carbocycles. The molecule has 0 aromatic carbocycles. The number of nitrogens with zero attached hydrogens (tertiary/aromatic N) is 1. The third-order valence-electron chi connectivity index (χ3n) is 2.26. The van der Waals surface area contributed by atoms with Crippen LogP contribution in [0.25, 0.3) is 0 Å². The minimum absolute atomic E-state index is 0.237. The Bertz CT molecular complexity index is 245. The Labute approximate surface area is 79.5 Å². The lowest BCUT2D eigenvalue weighted by molar-refractivity contribution is -0.145. The number of rotatable bonds is 3. The van der Waals surface area contributed by atoms with Crippen LogP contribution in [0.15, 0.2) is 0 Å². The molecule has 0 radical (unpaired) electrons. The highest BCUT2D eigenvalue weighted by molar-refractivity contribution is 5.80. The summed E-state index contributed by atoms with van der Waals surface area (Å²) in [7, 11) is 0. The maximum absolute atomic E-state index is 12.1. The Morgan fingerprint density at radius 3 is 2.64 bits per heavy atom.